The maximum Gasteiger partial charge on any atom is 0.253 e. The Hall–Kier alpha value is -3.04. The van der Waals surface area contributed by atoms with E-state index in [9.17, 15) is 13.2 Å². The molecule has 3 aliphatic rings. The normalized spacial score (nSPS) is 24.4. The minimum atomic E-state index is -3.30. The zero-order valence-corrected chi connectivity index (χ0v) is 24.3. The predicted molar refractivity (Wildman–Crippen MR) is 154 cm³/mol. The summed E-state index contributed by atoms with van der Waals surface area (Å²) in [5.41, 5.74) is 2.95. The molecule has 4 atom stereocenters. The summed E-state index contributed by atoms with van der Waals surface area (Å²) in [6.45, 7) is 0. The number of ether oxygens (including phenoxy) is 2. The van der Waals surface area contributed by atoms with E-state index in [1.807, 2.05) is 36.4 Å². The summed E-state index contributed by atoms with van der Waals surface area (Å²) >= 11 is 0. The number of amides is 1. The standard InChI is InChI=1S/C33H37NO6S/c1-34(38-2)32(35)29(24-13-15-27(16-14-24)41(36,37)28-17-18-28)21-23-19-20-33(22-23)39-30(25-9-5-3-6-10-25)31(40-33)26-11-7-4-8-12-26/h3-16,23,28-31H,17-22H2,1-2H3/t23-,29?,30-,31-/m1/s1. The molecule has 1 unspecified atom stereocenters. The van der Waals surface area contributed by atoms with Gasteiger partial charge < -0.3 is 9.47 Å². The van der Waals surface area contributed by atoms with Gasteiger partial charge >= 0.3 is 0 Å². The summed E-state index contributed by atoms with van der Waals surface area (Å²) in [5.74, 6) is -1.19. The molecule has 216 valence electrons. The molecular weight excluding hydrogens is 538 g/mol. The van der Waals surface area contributed by atoms with Crippen LogP contribution in [0, 0.1) is 5.92 Å². The first-order valence-corrected chi connectivity index (χ1v) is 16.0. The van der Waals surface area contributed by atoms with Gasteiger partial charge in [-0.3, -0.25) is 9.63 Å². The topological polar surface area (TPSA) is 82.1 Å². The lowest BCUT2D eigenvalue weighted by Crippen LogP contribution is -2.32. The van der Waals surface area contributed by atoms with Crippen LogP contribution in [-0.4, -0.2) is 44.6 Å². The highest BCUT2D eigenvalue weighted by atomic mass is 32.2. The van der Waals surface area contributed by atoms with E-state index in [4.69, 9.17) is 14.3 Å². The minimum Gasteiger partial charge on any atom is -0.339 e. The molecule has 2 saturated carbocycles. The summed E-state index contributed by atoms with van der Waals surface area (Å²) in [6.07, 6.45) is 3.84. The Bertz CT molecular complexity index is 1410. The molecule has 2 aliphatic carbocycles. The summed E-state index contributed by atoms with van der Waals surface area (Å²) in [4.78, 5) is 19.0. The number of hydrogen-bond donors (Lipinski definition) is 0. The number of nitrogens with zero attached hydrogens (tertiary/aromatic N) is 1. The highest BCUT2D eigenvalue weighted by Crippen LogP contribution is 2.55. The Kier molecular flexibility index (Phi) is 7.76. The van der Waals surface area contributed by atoms with Crippen LogP contribution < -0.4 is 0 Å². The minimum absolute atomic E-state index is 0.163. The second-order valence-corrected chi connectivity index (χ2v) is 13.8. The molecule has 6 rings (SSSR count). The van der Waals surface area contributed by atoms with Crippen molar-refractivity contribution in [2.45, 2.75) is 72.6 Å². The van der Waals surface area contributed by atoms with Crippen molar-refractivity contribution in [1.29, 1.82) is 0 Å². The van der Waals surface area contributed by atoms with E-state index in [0.717, 1.165) is 29.5 Å². The van der Waals surface area contributed by atoms with Crippen molar-refractivity contribution >= 4 is 15.7 Å². The van der Waals surface area contributed by atoms with Gasteiger partial charge in [-0.15, -0.1) is 0 Å². The fourth-order valence-corrected chi connectivity index (χ4v) is 8.01. The van der Waals surface area contributed by atoms with E-state index in [-0.39, 0.29) is 29.3 Å². The monoisotopic (exact) mass is 575 g/mol. The Balaban J connectivity index is 1.23. The van der Waals surface area contributed by atoms with Crippen molar-refractivity contribution in [3.05, 3.63) is 102 Å². The van der Waals surface area contributed by atoms with Gasteiger partial charge in [-0.05, 0) is 60.4 Å². The van der Waals surface area contributed by atoms with Crippen LogP contribution in [0.1, 0.15) is 73.3 Å². The van der Waals surface area contributed by atoms with Crippen LogP contribution in [0.15, 0.2) is 89.8 Å². The first kappa shape index (κ1) is 28.1. The van der Waals surface area contributed by atoms with E-state index in [2.05, 4.69) is 24.3 Å². The quantitative estimate of drug-likeness (QED) is 0.285. The Morgan fingerprint density at radius 2 is 1.46 bits per heavy atom. The summed E-state index contributed by atoms with van der Waals surface area (Å²) in [6, 6.07) is 27.3. The van der Waals surface area contributed by atoms with Crippen LogP contribution in [0.4, 0.5) is 0 Å². The highest BCUT2D eigenvalue weighted by molar-refractivity contribution is 7.92. The Morgan fingerprint density at radius 3 is 1.98 bits per heavy atom. The number of carbonyl (C=O) groups is 1. The number of sulfone groups is 1. The SMILES string of the molecule is CON(C)C(=O)C(C[C@H]1CCC2(C1)O[C@H](c1ccccc1)[C@@H](c1ccccc1)O2)c1ccc(S(=O)(=O)C2CC2)cc1. The van der Waals surface area contributed by atoms with E-state index in [0.29, 0.717) is 30.6 Å². The van der Waals surface area contributed by atoms with Crippen molar-refractivity contribution in [2.24, 2.45) is 5.92 Å². The molecule has 7 nitrogen and oxygen atoms in total. The van der Waals surface area contributed by atoms with E-state index < -0.39 is 21.5 Å². The van der Waals surface area contributed by atoms with Gasteiger partial charge in [-0.2, -0.15) is 0 Å². The van der Waals surface area contributed by atoms with Crippen LogP contribution >= 0.6 is 0 Å². The maximum absolute atomic E-state index is 13.5. The second kappa shape index (κ2) is 11.3. The third-order valence-electron chi connectivity index (χ3n) is 8.77. The van der Waals surface area contributed by atoms with Gasteiger partial charge in [0.2, 0.25) is 0 Å². The first-order valence-electron chi connectivity index (χ1n) is 14.4. The molecule has 3 aromatic carbocycles. The van der Waals surface area contributed by atoms with Gasteiger partial charge in [-0.25, -0.2) is 13.5 Å². The molecule has 0 N–H and O–H groups in total. The average molecular weight is 576 g/mol. The van der Waals surface area contributed by atoms with Crippen LogP contribution in [0.5, 0.6) is 0 Å². The van der Waals surface area contributed by atoms with Gasteiger partial charge in [-0.1, -0.05) is 72.8 Å². The van der Waals surface area contributed by atoms with E-state index in [1.54, 1.807) is 31.3 Å². The number of benzene rings is 3. The van der Waals surface area contributed by atoms with Gasteiger partial charge in [0, 0.05) is 19.9 Å². The molecule has 0 aromatic heterocycles. The molecular formula is C33H37NO6S. The van der Waals surface area contributed by atoms with Crippen molar-refractivity contribution in [3.63, 3.8) is 0 Å². The molecule has 1 heterocycles. The number of rotatable bonds is 9. The van der Waals surface area contributed by atoms with Crippen molar-refractivity contribution in [1.82, 2.24) is 5.06 Å². The zero-order chi connectivity index (χ0) is 28.6. The molecule has 0 radical (unpaired) electrons. The zero-order valence-electron chi connectivity index (χ0n) is 23.5. The molecule has 1 saturated heterocycles. The Labute approximate surface area is 242 Å². The molecule has 41 heavy (non-hydrogen) atoms. The number of hydroxylamine groups is 2. The van der Waals surface area contributed by atoms with E-state index >= 15 is 0 Å². The van der Waals surface area contributed by atoms with Crippen LogP contribution in [-0.2, 0) is 28.9 Å². The lowest BCUT2D eigenvalue weighted by atomic mass is 9.87. The van der Waals surface area contributed by atoms with Gasteiger partial charge in [0.1, 0.15) is 12.2 Å². The smallest absolute Gasteiger partial charge is 0.253 e. The lowest BCUT2D eigenvalue weighted by Gasteiger charge is -2.26. The first-order chi connectivity index (χ1) is 19.8. The third-order valence-corrected chi connectivity index (χ3v) is 11.1. The van der Waals surface area contributed by atoms with E-state index in [1.165, 1.54) is 12.2 Å². The Morgan fingerprint density at radius 1 is 0.902 bits per heavy atom. The molecule has 8 heteroatoms. The maximum atomic E-state index is 13.5. The highest BCUT2D eigenvalue weighted by Gasteiger charge is 2.53. The predicted octanol–water partition coefficient (Wildman–Crippen LogP) is 6.14. The number of hydrogen-bond acceptors (Lipinski definition) is 6. The largest absolute Gasteiger partial charge is 0.339 e. The average Bonchev–Trinajstić information content (AvgIpc) is 3.72. The summed E-state index contributed by atoms with van der Waals surface area (Å²) in [5, 5.41) is 0.981. The lowest BCUT2D eigenvalue weighted by molar-refractivity contribution is -0.175. The molecule has 0 bridgehead atoms. The molecule has 3 fully saturated rings. The van der Waals surface area contributed by atoms with Crippen molar-refractivity contribution in [2.75, 3.05) is 14.2 Å². The summed E-state index contributed by atoms with van der Waals surface area (Å²) < 4.78 is 39.0. The summed E-state index contributed by atoms with van der Waals surface area (Å²) in [7, 11) is -0.219. The molecule has 1 aliphatic heterocycles. The van der Waals surface area contributed by atoms with Gasteiger partial charge in [0.05, 0.1) is 23.2 Å². The van der Waals surface area contributed by atoms with Gasteiger partial charge in [0.15, 0.2) is 15.6 Å². The number of carbonyl (C=O) groups excluding carboxylic acids is 1. The van der Waals surface area contributed by atoms with Crippen LogP contribution in [0.3, 0.4) is 0 Å². The number of likely N-dealkylation sites (N-methyl/N-ethyl adjacent to an activating group) is 1. The van der Waals surface area contributed by atoms with Crippen molar-refractivity contribution in [3.8, 4) is 0 Å². The second-order valence-electron chi connectivity index (χ2n) is 11.5. The molecule has 1 amide bonds. The fourth-order valence-electron chi connectivity index (χ4n) is 6.35. The van der Waals surface area contributed by atoms with Gasteiger partial charge in [0.25, 0.3) is 5.91 Å². The molecule has 1 spiro atoms. The third kappa shape index (κ3) is 5.71. The molecule has 3 aromatic rings. The van der Waals surface area contributed by atoms with Crippen LogP contribution in [0.25, 0.3) is 0 Å². The van der Waals surface area contributed by atoms with Crippen LogP contribution in [0.2, 0.25) is 0 Å². The van der Waals surface area contributed by atoms with Crippen molar-refractivity contribution < 1.29 is 27.5 Å². The fraction of sp³-hybridized carbons (Fsp3) is 0.424.